The second-order valence-corrected chi connectivity index (χ2v) is 18.6. The maximum atomic E-state index is 11.6. The lowest BCUT2D eigenvalue weighted by atomic mass is 9.77. The van der Waals surface area contributed by atoms with Crippen molar-refractivity contribution < 1.29 is 0 Å². The molecule has 0 fully saturated rings. The molecule has 0 saturated carbocycles. The number of nitrogens with zero attached hydrogens (tertiary/aromatic N) is 5. The van der Waals surface area contributed by atoms with Crippen molar-refractivity contribution in [2.24, 2.45) is 0 Å². The highest BCUT2D eigenvalue weighted by Crippen LogP contribution is 2.51. The van der Waals surface area contributed by atoms with Gasteiger partial charge in [0.2, 0.25) is 0 Å². The third-order valence-corrected chi connectivity index (χ3v) is 13.8. The molecule has 0 aliphatic carbocycles. The predicted molar refractivity (Wildman–Crippen MR) is 325 cm³/mol. The molecule has 370 valence electrons. The van der Waals surface area contributed by atoms with Gasteiger partial charge in [-0.2, -0.15) is 10.5 Å². The number of rotatable bonds is 16. The first-order valence-electron chi connectivity index (χ1n) is 25.8. The van der Waals surface area contributed by atoms with Gasteiger partial charge in [0.15, 0.2) is 0 Å². The van der Waals surface area contributed by atoms with Crippen molar-refractivity contribution in [3.8, 4) is 56.6 Å². The van der Waals surface area contributed by atoms with Gasteiger partial charge in [-0.15, -0.1) is 0 Å². The van der Waals surface area contributed by atoms with E-state index in [4.69, 9.17) is 0 Å². The Bertz CT molecular complexity index is 3850. The monoisotopic (exact) mass is 1000 g/mol. The zero-order chi connectivity index (χ0) is 53.2. The Morgan fingerprint density at radius 1 is 0.321 bits per heavy atom. The molecule has 11 aromatic carbocycles. The maximum absolute atomic E-state index is 11.6. The van der Waals surface area contributed by atoms with Crippen LogP contribution in [0.3, 0.4) is 0 Å². The number of para-hydroxylation sites is 6. The summed E-state index contributed by atoms with van der Waals surface area (Å²) in [5, 5.41) is 26.8. The van der Waals surface area contributed by atoms with E-state index in [0.29, 0.717) is 16.8 Å². The van der Waals surface area contributed by atoms with Gasteiger partial charge in [0.25, 0.3) is 0 Å². The molecule has 6 nitrogen and oxygen atoms in total. The Labute approximate surface area is 456 Å². The molecular formula is C72H52N6. The Balaban J connectivity index is 1.18. The zero-order valence-electron chi connectivity index (χ0n) is 42.8. The average molecular weight is 1000 g/mol. The minimum Gasteiger partial charge on any atom is -0.356 e. The number of hydrogen-bond acceptors (Lipinski definition) is 6. The van der Waals surface area contributed by atoms with Crippen molar-refractivity contribution in [3.63, 3.8) is 0 Å². The first-order chi connectivity index (χ1) is 38.5. The van der Waals surface area contributed by atoms with Crippen LogP contribution >= 0.6 is 0 Å². The highest BCUT2D eigenvalue weighted by molar-refractivity contribution is 6.07. The lowest BCUT2D eigenvalue weighted by Crippen LogP contribution is -2.13. The number of hydrogen-bond donors (Lipinski definition) is 1. The maximum Gasteiger partial charge on any atom is 0.101 e. The SMILES string of the molecule is C=CC(=C)N(c1ccccc1)c1ccc(-c2c(C#N)c(C#N)c(-c3ccc(Nc4ccccc4)cc3)c(-c3ccc(N(c4ccccc4)c4ccccc4)cc3)c2-c2ccc(N(c3ccccc3)c3ccccc3)cc2)cc1. The molecule has 0 unspecified atom stereocenters. The molecule has 0 aliphatic rings. The van der Waals surface area contributed by atoms with E-state index in [1.54, 1.807) is 6.08 Å². The Kier molecular flexibility index (Phi) is 14.3. The molecular weight excluding hydrogens is 949 g/mol. The number of nitrogens with one attached hydrogen (secondary N) is 1. The van der Waals surface area contributed by atoms with Crippen LogP contribution in [0.2, 0.25) is 0 Å². The smallest absolute Gasteiger partial charge is 0.101 e. The molecule has 0 heterocycles. The minimum absolute atomic E-state index is 0.274. The second kappa shape index (κ2) is 22.7. The summed E-state index contributed by atoms with van der Waals surface area (Å²) in [6.07, 6.45) is 1.74. The van der Waals surface area contributed by atoms with Gasteiger partial charge >= 0.3 is 0 Å². The number of nitriles is 2. The van der Waals surface area contributed by atoms with Crippen LogP contribution in [0.1, 0.15) is 11.1 Å². The molecule has 11 rings (SSSR count). The predicted octanol–water partition coefficient (Wildman–Crippen LogP) is 19.6. The fourth-order valence-electron chi connectivity index (χ4n) is 10.2. The van der Waals surface area contributed by atoms with E-state index in [-0.39, 0.29) is 11.1 Å². The molecule has 0 aromatic heterocycles. The molecule has 1 N–H and O–H groups in total. The van der Waals surface area contributed by atoms with Gasteiger partial charge in [0, 0.05) is 73.7 Å². The number of benzene rings is 11. The van der Waals surface area contributed by atoms with Crippen molar-refractivity contribution in [2.75, 3.05) is 20.0 Å². The Morgan fingerprint density at radius 2 is 0.577 bits per heavy atom. The van der Waals surface area contributed by atoms with E-state index in [9.17, 15) is 10.5 Å². The van der Waals surface area contributed by atoms with E-state index < -0.39 is 0 Å². The van der Waals surface area contributed by atoms with Crippen molar-refractivity contribution in [3.05, 3.63) is 315 Å². The van der Waals surface area contributed by atoms with Crippen molar-refractivity contribution in [1.82, 2.24) is 0 Å². The van der Waals surface area contributed by atoms with Crippen LogP contribution in [0.5, 0.6) is 0 Å². The number of anilines is 10. The molecule has 0 bridgehead atoms. The third-order valence-electron chi connectivity index (χ3n) is 13.8. The zero-order valence-corrected chi connectivity index (χ0v) is 42.8. The van der Waals surface area contributed by atoms with Crippen molar-refractivity contribution in [2.45, 2.75) is 0 Å². The largest absolute Gasteiger partial charge is 0.356 e. The third kappa shape index (κ3) is 10.0. The summed E-state index contributed by atoms with van der Waals surface area (Å²) >= 11 is 0. The quantitative estimate of drug-likeness (QED) is 0.0973. The van der Waals surface area contributed by atoms with E-state index in [2.05, 4.69) is 137 Å². The van der Waals surface area contributed by atoms with E-state index >= 15 is 0 Å². The van der Waals surface area contributed by atoms with Gasteiger partial charge < -0.3 is 20.0 Å². The molecule has 0 atom stereocenters. The van der Waals surface area contributed by atoms with Crippen molar-refractivity contribution >= 4 is 56.9 Å². The van der Waals surface area contributed by atoms with E-state index in [0.717, 1.165) is 90.3 Å². The van der Waals surface area contributed by atoms with Gasteiger partial charge in [-0.05, 0) is 161 Å². The van der Waals surface area contributed by atoms with Crippen LogP contribution < -0.4 is 20.0 Å². The highest BCUT2D eigenvalue weighted by atomic mass is 15.2. The van der Waals surface area contributed by atoms with E-state index in [1.165, 1.54) is 0 Å². The molecule has 6 heteroatoms. The fraction of sp³-hybridized carbons (Fsp3) is 0. The standard InChI is InChI=1S/C72H52N6/c1-3-52(2)76(59-24-12-5-13-25-59)64-44-36-54(37-45-64)70-68(51-74)67(50-73)69(53-34-42-58(43-35-53)75-57-22-10-4-11-23-57)71(55-38-46-65(47-39-55)77(60-26-14-6-15-27-60)61-28-16-7-17-29-61)72(70)56-40-48-66(49-41-56)78(62-30-18-8-19-31-62)63-32-20-9-21-33-63/h3-49,75H,1-2H2. The number of allylic oxidation sites excluding steroid dienone is 1. The normalized spacial score (nSPS) is 10.6. The van der Waals surface area contributed by atoms with Crippen LogP contribution in [0.15, 0.2) is 304 Å². The van der Waals surface area contributed by atoms with Crippen LogP contribution in [0, 0.1) is 22.7 Å². The van der Waals surface area contributed by atoms with E-state index in [1.807, 2.05) is 187 Å². The van der Waals surface area contributed by atoms with Gasteiger partial charge in [0.1, 0.15) is 12.1 Å². The topological polar surface area (TPSA) is 69.3 Å². The Hall–Kier alpha value is -10.9. The lowest BCUT2D eigenvalue weighted by Gasteiger charge is -2.28. The molecule has 0 aliphatic heterocycles. The lowest BCUT2D eigenvalue weighted by molar-refractivity contribution is 1.22. The summed E-state index contributed by atoms with van der Waals surface area (Å²) in [5.74, 6) is 0. The summed E-state index contributed by atoms with van der Waals surface area (Å²) in [6, 6.07) is 100. The molecule has 0 radical (unpaired) electrons. The first kappa shape index (κ1) is 49.3. The summed E-state index contributed by atoms with van der Waals surface area (Å²) in [4.78, 5) is 6.52. The molecule has 0 saturated heterocycles. The van der Waals surface area contributed by atoms with Crippen LogP contribution in [0.4, 0.5) is 56.9 Å². The molecule has 11 aromatic rings. The first-order valence-corrected chi connectivity index (χ1v) is 25.8. The van der Waals surface area contributed by atoms with Gasteiger partial charge in [-0.3, -0.25) is 0 Å². The second-order valence-electron chi connectivity index (χ2n) is 18.6. The van der Waals surface area contributed by atoms with Gasteiger partial charge in [-0.1, -0.05) is 171 Å². The van der Waals surface area contributed by atoms with Gasteiger partial charge in [-0.25, -0.2) is 0 Å². The summed E-state index contributed by atoms with van der Waals surface area (Å²) in [7, 11) is 0. The Morgan fingerprint density at radius 3 is 0.910 bits per heavy atom. The summed E-state index contributed by atoms with van der Waals surface area (Å²) in [6.45, 7) is 8.41. The van der Waals surface area contributed by atoms with Gasteiger partial charge in [0.05, 0.1) is 11.1 Å². The molecule has 0 spiro atoms. The van der Waals surface area contributed by atoms with Crippen LogP contribution in [-0.2, 0) is 0 Å². The fourth-order valence-corrected chi connectivity index (χ4v) is 10.2. The summed E-state index contributed by atoms with van der Waals surface area (Å²) in [5.41, 5.74) is 17.1. The minimum atomic E-state index is 0.274. The van der Waals surface area contributed by atoms with Crippen molar-refractivity contribution in [1.29, 1.82) is 10.5 Å². The van der Waals surface area contributed by atoms with Crippen LogP contribution in [-0.4, -0.2) is 0 Å². The average Bonchev–Trinajstić information content (AvgIpc) is 3.56. The molecule has 78 heavy (non-hydrogen) atoms. The molecule has 0 amide bonds. The van der Waals surface area contributed by atoms with Crippen LogP contribution in [0.25, 0.3) is 44.5 Å². The summed E-state index contributed by atoms with van der Waals surface area (Å²) < 4.78 is 0. The highest BCUT2D eigenvalue weighted by Gasteiger charge is 2.29.